The van der Waals surface area contributed by atoms with Gasteiger partial charge in [0.05, 0.1) is 12.5 Å². The molecule has 0 N–H and O–H groups in total. The molecule has 0 saturated carbocycles. The van der Waals surface area contributed by atoms with Gasteiger partial charge in [-0.25, -0.2) is 0 Å². The molecule has 0 fully saturated rings. The number of aromatic nitrogens is 1. The molecule has 3 heteroatoms. The van der Waals surface area contributed by atoms with Gasteiger partial charge in [0.15, 0.2) is 0 Å². The third kappa shape index (κ3) is 2.54. The number of carbonyl (C=O) groups excluding carboxylic acids is 1. The molecule has 0 saturated heterocycles. The minimum absolute atomic E-state index is 0.186. The molecule has 0 aromatic carbocycles. The van der Waals surface area contributed by atoms with Crippen LogP contribution in [0.1, 0.15) is 25.3 Å². The summed E-state index contributed by atoms with van der Waals surface area (Å²) in [7, 11) is 0. The first-order valence-corrected chi connectivity index (χ1v) is 4.32. The van der Waals surface area contributed by atoms with E-state index in [9.17, 15) is 4.79 Å². The molecule has 0 aliphatic heterocycles. The average molecular weight is 179 g/mol. The van der Waals surface area contributed by atoms with E-state index in [4.69, 9.17) is 4.74 Å². The Morgan fingerprint density at radius 3 is 2.69 bits per heavy atom. The second kappa shape index (κ2) is 4.60. The van der Waals surface area contributed by atoms with E-state index in [0.29, 0.717) is 6.61 Å². The molecule has 1 rings (SSSR count). The lowest BCUT2D eigenvalue weighted by molar-refractivity contribution is -0.144. The Balaban J connectivity index is 2.68. The molecule has 13 heavy (non-hydrogen) atoms. The summed E-state index contributed by atoms with van der Waals surface area (Å²) < 4.78 is 4.90. The lowest BCUT2D eigenvalue weighted by Gasteiger charge is -2.09. The standard InChI is InChI=1S/C10H13NO2/c1-3-13-10(12)8(2)9-4-6-11-7-5-9/h4-8H,3H2,1-2H3. The molecule has 1 heterocycles. The summed E-state index contributed by atoms with van der Waals surface area (Å²) in [6.07, 6.45) is 3.34. The highest BCUT2D eigenvalue weighted by molar-refractivity contribution is 5.77. The molecule has 3 nitrogen and oxygen atoms in total. The number of nitrogens with zero attached hydrogens (tertiary/aromatic N) is 1. The fraction of sp³-hybridized carbons (Fsp3) is 0.400. The van der Waals surface area contributed by atoms with Gasteiger partial charge in [0.25, 0.3) is 0 Å². The molecule has 0 spiro atoms. The van der Waals surface area contributed by atoms with Gasteiger partial charge in [0.2, 0.25) is 0 Å². The van der Waals surface area contributed by atoms with Gasteiger partial charge in [-0.2, -0.15) is 0 Å². The lowest BCUT2D eigenvalue weighted by Crippen LogP contribution is -2.12. The predicted octanol–water partition coefficient (Wildman–Crippen LogP) is 1.75. The van der Waals surface area contributed by atoms with E-state index in [-0.39, 0.29) is 11.9 Å². The molecule has 0 bridgehead atoms. The quantitative estimate of drug-likeness (QED) is 0.663. The average Bonchev–Trinajstić information content (AvgIpc) is 2.18. The van der Waals surface area contributed by atoms with E-state index in [1.165, 1.54) is 0 Å². The molecular weight excluding hydrogens is 166 g/mol. The highest BCUT2D eigenvalue weighted by Gasteiger charge is 2.15. The summed E-state index contributed by atoms with van der Waals surface area (Å²) in [6.45, 7) is 4.05. The number of esters is 1. The van der Waals surface area contributed by atoms with Crippen LogP contribution in [0.4, 0.5) is 0 Å². The highest BCUT2D eigenvalue weighted by atomic mass is 16.5. The van der Waals surface area contributed by atoms with Crippen LogP contribution in [0, 0.1) is 0 Å². The monoisotopic (exact) mass is 179 g/mol. The van der Waals surface area contributed by atoms with Crippen molar-refractivity contribution in [2.75, 3.05) is 6.61 Å². The maximum absolute atomic E-state index is 11.3. The first-order valence-electron chi connectivity index (χ1n) is 4.32. The van der Waals surface area contributed by atoms with Gasteiger partial charge in [-0.3, -0.25) is 9.78 Å². The first-order chi connectivity index (χ1) is 6.25. The van der Waals surface area contributed by atoms with Crippen molar-refractivity contribution < 1.29 is 9.53 Å². The van der Waals surface area contributed by atoms with Gasteiger partial charge in [-0.05, 0) is 31.5 Å². The van der Waals surface area contributed by atoms with Crippen LogP contribution >= 0.6 is 0 Å². The van der Waals surface area contributed by atoms with Crippen molar-refractivity contribution in [3.8, 4) is 0 Å². The Morgan fingerprint density at radius 1 is 1.54 bits per heavy atom. The zero-order valence-corrected chi connectivity index (χ0v) is 7.86. The zero-order valence-electron chi connectivity index (χ0n) is 7.86. The fourth-order valence-corrected chi connectivity index (χ4v) is 1.06. The van der Waals surface area contributed by atoms with Crippen LogP contribution in [0.15, 0.2) is 24.5 Å². The number of ether oxygens (including phenoxy) is 1. The lowest BCUT2D eigenvalue weighted by atomic mass is 10.0. The van der Waals surface area contributed by atoms with Crippen molar-refractivity contribution in [3.63, 3.8) is 0 Å². The minimum atomic E-state index is -0.206. The Morgan fingerprint density at radius 2 is 2.15 bits per heavy atom. The molecule has 1 aromatic heterocycles. The van der Waals surface area contributed by atoms with E-state index in [0.717, 1.165) is 5.56 Å². The number of hydrogen-bond donors (Lipinski definition) is 0. The predicted molar refractivity (Wildman–Crippen MR) is 49.3 cm³/mol. The van der Waals surface area contributed by atoms with Crippen molar-refractivity contribution >= 4 is 5.97 Å². The number of hydrogen-bond acceptors (Lipinski definition) is 3. The zero-order chi connectivity index (χ0) is 9.68. The van der Waals surface area contributed by atoms with Crippen molar-refractivity contribution in [2.24, 2.45) is 0 Å². The van der Waals surface area contributed by atoms with Gasteiger partial charge in [-0.15, -0.1) is 0 Å². The van der Waals surface area contributed by atoms with Crippen LogP contribution < -0.4 is 0 Å². The summed E-state index contributed by atoms with van der Waals surface area (Å²) in [5.41, 5.74) is 0.938. The van der Waals surface area contributed by atoms with E-state index in [1.54, 1.807) is 19.3 Å². The van der Waals surface area contributed by atoms with Gasteiger partial charge in [-0.1, -0.05) is 0 Å². The SMILES string of the molecule is CCOC(=O)C(C)c1ccncc1. The Bertz CT molecular complexity index is 272. The summed E-state index contributed by atoms with van der Waals surface area (Å²) in [5.74, 6) is -0.392. The number of rotatable bonds is 3. The molecule has 0 amide bonds. The summed E-state index contributed by atoms with van der Waals surface area (Å²) >= 11 is 0. The number of pyridine rings is 1. The molecule has 70 valence electrons. The van der Waals surface area contributed by atoms with Crippen molar-refractivity contribution in [1.82, 2.24) is 4.98 Å². The van der Waals surface area contributed by atoms with Crippen molar-refractivity contribution in [1.29, 1.82) is 0 Å². The molecule has 0 radical (unpaired) electrons. The second-order valence-corrected chi connectivity index (χ2v) is 2.75. The van der Waals surface area contributed by atoms with Crippen LogP contribution in [-0.4, -0.2) is 17.6 Å². The smallest absolute Gasteiger partial charge is 0.313 e. The maximum Gasteiger partial charge on any atom is 0.313 e. The highest BCUT2D eigenvalue weighted by Crippen LogP contribution is 2.14. The Labute approximate surface area is 77.8 Å². The molecule has 0 aliphatic carbocycles. The molecule has 1 atom stereocenters. The van der Waals surface area contributed by atoms with Crippen LogP contribution in [0.5, 0.6) is 0 Å². The van der Waals surface area contributed by atoms with Gasteiger partial charge in [0, 0.05) is 12.4 Å². The molecular formula is C10H13NO2. The second-order valence-electron chi connectivity index (χ2n) is 2.75. The van der Waals surface area contributed by atoms with Crippen LogP contribution in [0.3, 0.4) is 0 Å². The van der Waals surface area contributed by atoms with E-state index in [1.807, 2.05) is 19.1 Å². The van der Waals surface area contributed by atoms with Gasteiger partial charge >= 0.3 is 5.97 Å². The van der Waals surface area contributed by atoms with Gasteiger partial charge in [0.1, 0.15) is 0 Å². The largest absolute Gasteiger partial charge is 0.466 e. The summed E-state index contributed by atoms with van der Waals surface area (Å²) in [5, 5.41) is 0. The fourth-order valence-electron chi connectivity index (χ4n) is 1.06. The van der Waals surface area contributed by atoms with Crippen molar-refractivity contribution in [3.05, 3.63) is 30.1 Å². The third-order valence-electron chi connectivity index (χ3n) is 1.85. The van der Waals surface area contributed by atoms with E-state index >= 15 is 0 Å². The van der Waals surface area contributed by atoms with Crippen molar-refractivity contribution in [2.45, 2.75) is 19.8 Å². The summed E-state index contributed by atoms with van der Waals surface area (Å²) in [4.78, 5) is 15.2. The Kier molecular flexibility index (Phi) is 3.43. The minimum Gasteiger partial charge on any atom is -0.466 e. The van der Waals surface area contributed by atoms with Crippen LogP contribution in [0.2, 0.25) is 0 Å². The third-order valence-corrected chi connectivity index (χ3v) is 1.85. The first kappa shape index (κ1) is 9.71. The van der Waals surface area contributed by atoms with E-state index in [2.05, 4.69) is 4.98 Å². The molecule has 1 aromatic rings. The Hall–Kier alpha value is -1.38. The molecule has 0 aliphatic rings. The van der Waals surface area contributed by atoms with Gasteiger partial charge < -0.3 is 4.74 Å². The van der Waals surface area contributed by atoms with E-state index < -0.39 is 0 Å². The topological polar surface area (TPSA) is 39.2 Å². The number of carbonyl (C=O) groups is 1. The maximum atomic E-state index is 11.3. The van der Waals surface area contributed by atoms with Crippen LogP contribution in [-0.2, 0) is 9.53 Å². The summed E-state index contributed by atoms with van der Waals surface area (Å²) in [6, 6.07) is 3.64. The normalized spacial score (nSPS) is 12.2. The van der Waals surface area contributed by atoms with Crippen LogP contribution in [0.25, 0.3) is 0 Å². The molecule has 1 unspecified atom stereocenters.